The SMILES string of the molecule is O=C(NC1CCc2ccccc21)c1cnc2[nH]ccc2c1Cl. The third kappa shape index (κ3) is 2.07. The molecule has 3 aromatic rings. The molecule has 0 fully saturated rings. The lowest BCUT2D eigenvalue weighted by Crippen LogP contribution is -2.27. The Kier molecular flexibility index (Phi) is 3.12. The van der Waals surface area contributed by atoms with E-state index >= 15 is 0 Å². The number of aromatic nitrogens is 2. The molecule has 1 unspecified atom stereocenters. The average molecular weight is 312 g/mol. The molecular formula is C17H14ClN3O. The van der Waals surface area contributed by atoms with Crippen molar-refractivity contribution < 1.29 is 4.79 Å². The van der Waals surface area contributed by atoms with Crippen LogP contribution in [0.1, 0.15) is 33.9 Å². The number of H-pyrrole nitrogens is 1. The van der Waals surface area contributed by atoms with E-state index in [1.807, 2.05) is 18.2 Å². The maximum absolute atomic E-state index is 12.6. The molecule has 0 saturated carbocycles. The number of hydrogen-bond donors (Lipinski definition) is 2. The molecule has 4 nitrogen and oxygen atoms in total. The molecule has 2 N–H and O–H groups in total. The van der Waals surface area contributed by atoms with Gasteiger partial charge in [-0.3, -0.25) is 4.79 Å². The molecule has 0 aliphatic heterocycles. The first-order valence-electron chi connectivity index (χ1n) is 7.24. The van der Waals surface area contributed by atoms with Crippen LogP contribution >= 0.6 is 11.6 Å². The summed E-state index contributed by atoms with van der Waals surface area (Å²) in [5.41, 5.74) is 3.60. The Bertz CT molecular complexity index is 871. The molecule has 0 saturated heterocycles. The zero-order chi connectivity index (χ0) is 15.1. The number of hydrogen-bond acceptors (Lipinski definition) is 2. The van der Waals surface area contributed by atoms with Crippen molar-refractivity contribution in [2.75, 3.05) is 0 Å². The van der Waals surface area contributed by atoms with Gasteiger partial charge in [0.1, 0.15) is 5.65 Å². The third-order valence-electron chi connectivity index (χ3n) is 4.20. The molecule has 1 aromatic carbocycles. The van der Waals surface area contributed by atoms with E-state index in [4.69, 9.17) is 11.6 Å². The highest BCUT2D eigenvalue weighted by atomic mass is 35.5. The number of halogens is 1. The Hall–Kier alpha value is -2.33. The van der Waals surface area contributed by atoms with Crippen molar-refractivity contribution in [3.8, 4) is 0 Å². The van der Waals surface area contributed by atoms with Gasteiger partial charge in [0.15, 0.2) is 0 Å². The molecule has 0 spiro atoms. The maximum Gasteiger partial charge on any atom is 0.254 e. The Morgan fingerprint density at radius 2 is 2.18 bits per heavy atom. The average Bonchev–Trinajstić information content (AvgIpc) is 3.15. The van der Waals surface area contributed by atoms with E-state index in [1.54, 1.807) is 6.20 Å². The standard InChI is InChI=1S/C17H14ClN3O/c18-15-12-7-8-19-16(12)20-9-13(15)17(22)21-14-6-5-10-3-1-2-4-11(10)14/h1-4,7-9,14H,5-6H2,(H,19,20)(H,21,22). The summed E-state index contributed by atoms with van der Waals surface area (Å²) in [6, 6.07) is 10.1. The van der Waals surface area contributed by atoms with E-state index in [0.717, 1.165) is 18.2 Å². The fraction of sp³-hybridized carbons (Fsp3) is 0.176. The second kappa shape index (κ2) is 5.14. The van der Waals surface area contributed by atoms with Gasteiger partial charge in [-0.15, -0.1) is 0 Å². The second-order valence-electron chi connectivity index (χ2n) is 5.49. The van der Waals surface area contributed by atoms with E-state index in [-0.39, 0.29) is 11.9 Å². The molecule has 1 atom stereocenters. The molecule has 2 aromatic heterocycles. The van der Waals surface area contributed by atoms with Crippen LogP contribution in [0.3, 0.4) is 0 Å². The van der Waals surface area contributed by atoms with Gasteiger partial charge in [0.05, 0.1) is 16.6 Å². The molecule has 0 bridgehead atoms. The molecule has 2 heterocycles. The van der Waals surface area contributed by atoms with Gasteiger partial charge < -0.3 is 10.3 Å². The number of carbonyl (C=O) groups excluding carboxylic acids is 1. The number of rotatable bonds is 2. The summed E-state index contributed by atoms with van der Waals surface area (Å²) in [6.45, 7) is 0. The molecule has 0 radical (unpaired) electrons. The lowest BCUT2D eigenvalue weighted by molar-refractivity contribution is 0.0936. The van der Waals surface area contributed by atoms with Crippen LogP contribution in [0.2, 0.25) is 5.02 Å². The number of amides is 1. The van der Waals surface area contributed by atoms with Crippen LogP contribution in [-0.2, 0) is 6.42 Å². The number of nitrogens with zero attached hydrogens (tertiary/aromatic N) is 1. The number of pyridine rings is 1. The van der Waals surface area contributed by atoms with Crippen LogP contribution in [0.4, 0.5) is 0 Å². The fourth-order valence-corrected chi connectivity index (χ4v) is 3.36. The molecular weight excluding hydrogens is 298 g/mol. The maximum atomic E-state index is 12.6. The van der Waals surface area contributed by atoms with E-state index in [0.29, 0.717) is 16.2 Å². The molecule has 5 heteroatoms. The van der Waals surface area contributed by atoms with Gasteiger partial charge in [0, 0.05) is 17.8 Å². The molecule has 1 aliphatic rings. The molecule has 1 aliphatic carbocycles. The van der Waals surface area contributed by atoms with Crippen molar-refractivity contribution >= 4 is 28.5 Å². The van der Waals surface area contributed by atoms with Gasteiger partial charge in [-0.25, -0.2) is 4.98 Å². The van der Waals surface area contributed by atoms with Gasteiger partial charge in [0.25, 0.3) is 5.91 Å². The number of aryl methyl sites for hydroxylation is 1. The van der Waals surface area contributed by atoms with Gasteiger partial charge in [-0.05, 0) is 30.0 Å². The van der Waals surface area contributed by atoms with E-state index in [9.17, 15) is 4.79 Å². The minimum absolute atomic E-state index is 0.0432. The highest BCUT2D eigenvalue weighted by Gasteiger charge is 2.25. The number of nitrogens with one attached hydrogen (secondary N) is 2. The van der Waals surface area contributed by atoms with E-state index < -0.39 is 0 Å². The predicted octanol–water partition coefficient (Wildman–Crippen LogP) is 3.63. The Morgan fingerprint density at radius 3 is 3.09 bits per heavy atom. The molecule has 1 amide bonds. The van der Waals surface area contributed by atoms with E-state index in [2.05, 4.69) is 27.4 Å². The third-order valence-corrected chi connectivity index (χ3v) is 4.61. The number of fused-ring (bicyclic) bond motifs is 2. The lowest BCUT2D eigenvalue weighted by atomic mass is 10.1. The van der Waals surface area contributed by atoms with Crippen molar-refractivity contribution in [1.82, 2.24) is 15.3 Å². The minimum Gasteiger partial charge on any atom is -0.346 e. The number of carbonyl (C=O) groups is 1. The Labute approximate surface area is 132 Å². The molecule has 110 valence electrons. The van der Waals surface area contributed by atoms with Crippen LogP contribution in [0, 0.1) is 0 Å². The molecule has 22 heavy (non-hydrogen) atoms. The normalized spacial score (nSPS) is 16.7. The summed E-state index contributed by atoms with van der Waals surface area (Å²) in [5, 5.41) is 4.28. The highest BCUT2D eigenvalue weighted by molar-refractivity contribution is 6.38. The first-order valence-corrected chi connectivity index (χ1v) is 7.62. The fourth-order valence-electron chi connectivity index (χ4n) is 3.08. The quantitative estimate of drug-likeness (QED) is 0.759. The summed E-state index contributed by atoms with van der Waals surface area (Å²) in [6.07, 6.45) is 5.20. The van der Waals surface area contributed by atoms with Gasteiger partial charge >= 0.3 is 0 Å². The largest absolute Gasteiger partial charge is 0.346 e. The zero-order valence-corrected chi connectivity index (χ0v) is 12.5. The van der Waals surface area contributed by atoms with Crippen LogP contribution in [-0.4, -0.2) is 15.9 Å². The second-order valence-corrected chi connectivity index (χ2v) is 5.87. The van der Waals surface area contributed by atoms with Crippen LogP contribution in [0.25, 0.3) is 11.0 Å². The monoisotopic (exact) mass is 311 g/mol. The van der Waals surface area contributed by atoms with Crippen molar-refractivity contribution in [2.45, 2.75) is 18.9 Å². The topological polar surface area (TPSA) is 57.8 Å². The summed E-state index contributed by atoms with van der Waals surface area (Å²) < 4.78 is 0. The van der Waals surface area contributed by atoms with Crippen molar-refractivity contribution in [1.29, 1.82) is 0 Å². The first-order chi connectivity index (χ1) is 10.7. The zero-order valence-electron chi connectivity index (χ0n) is 11.8. The predicted molar refractivity (Wildman–Crippen MR) is 86.1 cm³/mol. The van der Waals surface area contributed by atoms with Crippen LogP contribution < -0.4 is 5.32 Å². The van der Waals surface area contributed by atoms with Crippen LogP contribution in [0.5, 0.6) is 0 Å². The molecule has 4 rings (SSSR count). The highest BCUT2D eigenvalue weighted by Crippen LogP contribution is 2.32. The lowest BCUT2D eigenvalue weighted by Gasteiger charge is -2.14. The van der Waals surface area contributed by atoms with Gasteiger partial charge in [-0.1, -0.05) is 35.9 Å². The first kappa shape index (κ1) is 13.3. The van der Waals surface area contributed by atoms with Gasteiger partial charge in [0.2, 0.25) is 0 Å². The Morgan fingerprint density at radius 1 is 1.32 bits per heavy atom. The minimum atomic E-state index is -0.178. The number of aromatic amines is 1. The summed E-state index contributed by atoms with van der Waals surface area (Å²) in [5.74, 6) is -0.178. The smallest absolute Gasteiger partial charge is 0.254 e. The van der Waals surface area contributed by atoms with Crippen molar-refractivity contribution in [2.24, 2.45) is 0 Å². The summed E-state index contributed by atoms with van der Waals surface area (Å²) in [7, 11) is 0. The summed E-state index contributed by atoms with van der Waals surface area (Å²) >= 11 is 6.34. The van der Waals surface area contributed by atoms with Gasteiger partial charge in [-0.2, -0.15) is 0 Å². The van der Waals surface area contributed by atoms with Crippen molar-refractivity contribution in [3.63, 3.8) is 0 Å². The Balaban J connectivity index is 1.63. The van der Waals surface area contributed by atoms with Crippen molar-refractivity contribution in [3.05, 3.63) is 64.4 Å². The van der Waals surface area contributed by atoms with E-state index in [1.165, 1.54) is 17.3 Å². The number of benzene rings is 1. The summed E-state index contributed by atoms with van der Waals surface area (Å²) in [4.78, 5) is 19.8. The van der Waals surface area contributed by atoms with Crippen LogP contribution in [0.15, 0.2) is 42.7 Å².